The Morgan fingerprint density at radius 2 is 1.71 bits per heavy atom. The second kappa shape index (κ2) is 9.52. The van der Waals surface area contributed by atoms with Gasteiger partial charge in [-0.15, -0.1) is 12.4 Å². The van der Waals surface area contributed by atoms with Crippen LogP contribution in [0.1, 0.15) is 31.4 Å². The molecule has 0 radical (unpaired) electrons. The molecule has 0 heterocycles. The van der Waals surface area contributed by atoms with E-state index in [-0.39, 0.29) is 23.2 Å². The molecule has 0 saturated heterocycles. The number of carbonyl (C=O) groups is 1. The number of amides is 1. The van der Waals surface area contributed by atoms with Gasteiger partial charge in [-0.1, -0.05) is 37.3 Å². The number of carbonyl (C=O) groups excluding carboxylic acids is 1. The molecule has 2 aromatic carbocycles. The summed E-state index contributed by atoms with van der Waals surface area (Å²) in [5.74, 6) is -0.182. The van der Waals surface area contributed by atoms with E-state index in [1.807, 2.05) is 30.3 Å². The Morgan fingerprint density at radius 3 is 2.29 bits per heavy atom. The molecule has 3 rings (SSSR count). The molecule has 4 N–H and O–H groups in total. The minimum atomic E-state index is -3.51. The van der Waals surface area contributed by atoms with E-state index in [0.29, 0.717) is 18.2 Å². The van der Waals surface area contributed by atoms with Crippen LogP contribution in [0.4, 0.5) is 5.69 Å². The summed E-state index contributed by atoms with van der Waals surface area (Å²) in [6, 6.07) is 15.2. The molecule has 1 aliphatic carbocycles. The van der Waals surface area contributed by atoms with E-state index in [4.69, 9.17) is 5.73 Å². The first-order valence-corrected chi connectivity index (χ1v) is 10.6. The Balaban J connectivity index is 0.00000280. The second-order valence-corrected chi connectivity index (χ2v) is 8.80. The van der Waals surface area contributed by atoms with Gasteiger partial charge in [0.2, 0.25) is 15.9 Å². The van der Waals surface area contributed by atoms with Crippen molar-refractivity contribution in [2.45, 2.75) is 30.7 Å². The van der Waals surface area contributed by atoms with Gasteiger partial charge < -0.3 is 11.1 Å². The lowest BCUT2D eigenvalue weighted by Crippen LogP contribution is -2.30. The highest BCUT2D eigenvalue weighted by molar-refractivity contribution is 7.89. The Kier molecular flexibility index (Phi) is 7.60. The Hall–Kier alpha value is -1.93. The highest BCUT2D eigenvalue weighted by atomic mass is 35.5. The number of nitrogens with one attached hydrogen (secondary N) is 2. The van der Waals surface area contributed by atoms with Crippen molar-refractivity contribution in [3.05, 3.63) is 60.2 Å². The molecule has 0 bridgehead atoms. The van der Waals surface area contributed by atoms with Crippen LogP contribution in [0.3, 0.4) is 0 Å². The number of anilines is 1. The van der Waals surface area contributed by atoms with Crippen LogP contribution in [-0.2, 0) is 14.8 Å². The van der Waals surface area contributed by atoms with Crippen molar-refractivity contribution in [2.24, 2.45) is 17.6 Å². The largest absolute Gasteiger partial charge is 0.326 e. The Labute approximate surface area is 172 Å². The van der Waals surface area contributed by atoms with Crippen LogP contribution < -0.4 is 15.8 Å². The van der Waals surface area contributed by atoms with Crippen molar-refractivity contribution in [1.82, 2.24) is 4.72 Å². The zero-order valence-corrected chi connectivity index (χ0v) is 17.3. The average molecular weight is 424 g/mol. The third-order valence-electron chi connectivity index (χ3n) is 4.83. The van der Waals surface area contributed by atoms with E-state index in [1.54, 1.807) is 19.1 Å². The van der Waals surface area contributed by atoms with Gasteiger partial charge in [0, 0.05) is 18.3 Å². The second-order valence-electron chi connectivity index (χ2n) is 7.03. The summed E-state index contributed by atoms with van der Waals surface area (Å²) >= 11 is 0. The summed E-state index contributed by atoms with van der Waals surface area (Å²) in [4.78, 5) is 12.7. The van der Waals surface area contributed by atoms with Crippen LogP contribution >= 0.6 is 12.4 Å². The number of rotatable bonds is 8. The molecule has 28 heavy (non-hydrogen) atoms. The summed E-state index contributed by atoms with van der Waals surface area (Å²) in [7, 11) is -3.51. The van der Waals surface area contributed by atoms with Gasteiger partial charge in [0.15, 0.2) is 0 Å². The number of benzene rings is 2. The van der Waals surface area contributed by atoms with E-state index >= 15 is 0 Å². The molecule has 1 saturated carbocycles. The van der Waals surface area contributed by atoms with Gasteiger partial charge in [-0.25, -0.2) is 13.1 Å². The number of nitrogens with two attached hydrogens (primary N) is 1. The van der Waals surface area contributed by atoms with Crippen molar-refractivity contribution >= 4 is 34.0 Å². The SMILES string of the molecule is CC(C(=O)Nc1ccc(S(=O)(=O)NCC2CC2)cc1)C(N)c1ccccc1.Cl. The summed E-state index contributed by atoms with van der Waals surface area (Å²) in [5.41, 5.74) is 7.62. The minimum Gasteiger partial charge on any atom is -0.326 e. The molecule has 0 aliphatic heterocycles. The van der Waals surface area contributed by atoms with Crippen molar-refractivity contribution in [1.29, 1.82) is 0 Å². The average Bonchev–Trinajstić information content (AvgIpc) is 3.51. The number of sulfonamides is 1. The molecular weight excluding hydrogens is 398 g/mol. The van der Waals surface area contributed by atoms with E-state index in [0.717, 1.165) is 18.4 Å². The maximum atomic E-state index is 12.5. The van der Waals surface area contributed by atoms with Gasteiger partial charge >= 0.3 is 0 Å². The van der Waals surface area contributed by atoms with Crippen molar-refractivity contribution in [2.75, 3.05) is 11.9 Å². The lowest BCUT2D eigenvalue weighted by molar-refractivity contribution is -0.120. The molecule has 152 valence electrons. The number of hydrogen-bond donors (Lipinski definition) is 3. The van der Waals surface area contributed by atoms with Gasteiger partial charge in [0.25, 0.3) is 0 Å². The van der Waals surface area contributed by atoms with Crippen LogP contribution in [0, 0.1) is 11.8 Å². The topological polar surface area (TPSA) is 101 Å². The summed E-state index contributed by atoms with van der Waals surface area (Å²) in [6.45, 7) is 2.25. The zero-order valence-electron chi connectivity index (χ0n) is 15.7. The smallest absolute Gasteiger partial charge is 0.240 e. The monoisotopic (exact) mass is 423 g/mol. The maximum absolute atomic E-state index is 12.5. The minimum absolute atomic E-state index is 0. The van der Waals surface area contributed by atoms with Gasteiger partial charge in [0.1, 0.15) is 0 Å². The third kappa shape index (κ3) is 5.78. The predicted molar refractivity (Wildman–Crippen MR) is 113 cm³/mol. The van der Waals surface area contributed by atoms with Crippen LogP contribution in [0.15, 0.2) is 59.5 Å². The summed E-state index contributed by atoms with van der Waals surface area (Å²) in [5, 5.41) is 2.80. The fourth-order valence-electron chi connectivity index (χ4n) is 2.73. The maximum Gasteiger partial charge on any atom is 0.240 e. The molecule has 2 atom stereocenters. The number of halogens is 1. The van der Waals surface area contributed by atoms with E-state index in [9.17, 15) is 13.2 Å². The van der Waals surface area contributed by atoms with Crippen LogP contribution in [0.5, 0.6) is 0 Å². The molecule has 1 amide bonds. The summed E-state index contributed by atoms with van der Waals surface area (Å²) in [6.07, 6.45) is 2.16. The first-order chi connectivity index (χ1) is 12.9. The van der Waals surface area contributed by atoms with Gasteiger partial charge in [-0.2, -0.15) is 0 Å². The number of hydrogen-bond acceptors (Lipinski definition) is 4. The molecule has 2 unspecified atom stereocenters. The first kappa shape index (κ1) is 22.4. The van der Waals surface area contributed by atoms with Crippen LogP contribution in [0.25, 0.3) is 0 Å². The molecular formula is C20H26ClN3O3S. The Bertz CT molecular complexity index is 885. The van der Waals surface area contributed by atoms with Crippen LogP contribution in [-0.4, -0.2) is 20.9 Å². The molecule has 0 aromatic heterocycles. The molecule has 0 spiro atoms. The van der Waals surface area contributed by atoms with Crippen molar-refractivity contribution in [3.8, 4) is 0 Å². The van der Waals surface area contributed by atoms with Crippen molar-refractivity contribution < 1.29 is 13.2 Å². The highest BCUT2D eigenvalue weighted by Crippen LogP contribution is 2.28. The lowest BCUT2D eigenvalue weighted by atomic mass is 9.94. The van der Waals surface area contributed by atoms with E-state index in [2.05, 4.69) is 10.0 Å². The Morgan fingerprint density at radius 1 is 1.11 bits per heavy atom. The molecule has 1 aliphatic rings. The molecule has 2 aromatic rings. The van der Waals surface area contributed by atoms with E-state index < -0.39 is 22.0 Å². The molecule has 6 nitrogen and oxygen atoms in total. The van der Waals surface area contributed by atoms with Gasteiger partial charge in [0.05, 0.1) is 10.8 Å². The standard InChI is InChI=1S/C20H25N3O3S.ClH/c1-14(19(21)16-5-3-2-4-6-16)20(24)23-17-9-11-18(12-10-17)27(25,26)22-13-15-7-8-15;/h2-6,9-12,14-15,19,22H,7-8,13,21H2,1H3,(H,23,24);1H. The van der Waals surface area contributed by atoms with Crippen molar-refractivity contribution in [3.63, 3.8) is 0 Å². The summed E-state index contributed by atoms with van der Waals surface area (Å²) < 4.78 is 27.1. The lowest BCUT2D eigenvalue weighted by Gasteiger charge is -2.20. The van der Waals surface area contributed by atoms with Gasteiger partial charge in [-0.05, 0) is 48.6 Å². The fraction of sp³-hybridized carbons (Fsp3) is 0.350. The van der Waals surface area contributed by atoms with E-state index in [1.165, 1.54) is 12.1 Å². The normalized spacial score (nSPS) is 15.9. The quantitative estimate of drug-likeness (QED) is 0.607. The fourth-order valence-corrected chi connectivity index (χ4v) is 3.85. The molecule has 1 fully saturated rings. The first-order valence-electron chi connectivity index (χ1n) is 9.08. The molecule has 8 heteroatoms. The third-order valence-corrected chi connectivity index (χ3v) is 6.27. The van der Waals surface area contributed by atoms with Gasteiger partial charge in [-0.3, -0.25) is 4.79 Å². The predicted octanol–water partition coefficient (Wildman–Crippen LogP) is 3.07. The van der Waals surface area contributed by atoms with Crippen LogP contribution in [0.2, 0.25) is 0 Å². The highest BCUT2D eigenvalue weighted by Gasteiger charge is 2.25. The zero-order chi connectivity index (χ0) is 19.4.